The molecule has 0 spiro atoms. The molecule has 2 aromatic rings. The normalized spacial score (nSPS) is 20.4. The van der Waals surface area contributed by atoms with E-state index in [1.165, 1.54) is 18.1 Å². The molecule has 2 atom stereocenters. The average Bonchev–Trinajstić information content (AvgIpc) is 2.56. The molecule has 0 bridgehead atoms. The minimum Gasteiger partial charge on any atom is -0.427 e. The molecular formula is C19H22ClNO2. The van der Waals surface area contributed by atoms with Crippen molar-refractivity contribution in [2.45, 2.75) is 25.2 Å². The zero-order chi connectivity index (χ0) is 15.4. The van der Waals surface area contributed by atoms with Gasteiger partial charge < -0.3 is 10.1 Å². The summed E-state index contributed by atoms with van der Waals surface area (Å²) in [4.78, 5) is 11.0. The highest BCUT2D eigenvalue weighted by Crippen LogP contribution is 2.37. The van der Waals surface area contributed by atoms with Gasteiger partial charge in [0, 0.05) is 19.4 Å². The third kappa shape index (κ3) is 4.34. The summed E-state index contributed by atoms with van der Waals surface area (Å²) in [5.74, 6) is 1.31. The Balaban J connectivity index is 0.00000192. The topological polar surface area (TPSA) is 38.3 Å². The fourth-order valence-electron chi connectivity index (χ4n) is 3.26. The average molecular weight is 332 g/mol. The molecule has 1 fully saturated rings. The van der Waals surface area contributed by atoms with Crippen LogP contribution >= 0.6 is 12.4 Å². The zero-order valence-electron chi connectivity index (χ0n) is 13.2. The molecule has 3 rings (SSSR count). The van der Waals surface area contributed by atoms with E-state index in [0.29, 0.717) is 17.6 Å². The summed E-state index contributed by atoms with van der Waals surface area (Å²) in [5.41, 5.74) is 2.69. The maximum atomic E-state index is 11.0. The first-order chi connectivity index (χ1) is 10.7. The standard InChI is InChI=1S/C19H21NO2.ClH/c1-14(21)22-17-9-7-16(8-10-17)18-11-12-20-13-19(18)15-5-3-2-4-6-15;/h2-10,18-20H,11-13H2,1H3;1H/t18-,19-;/m1./s1. The van der Waals surface area contributed by atoms with Crippen LogP contribution in [0, 0.1) is 0 Å². The number of piperidine rings is 1. The number of benzene rings is 2. The molecule has 1 aliphatic heterocycles. The summed E-state index contributed by atoms with van der Waals surface area (Å²) in [6.07, 6.45) is 1.12. The third-order valence-electron chi connectivity index (χ3n) is 4.28. The Morgan fingerprint density at radius 3 is 2.30 bits per heavy atom. The van der Waals surface area contributed by atoms with Crippen molar-refractivity contribution >= 4 is 18.4 Å². The lowest BCUT2D eigenvalue weighted by Gasteiger charge is -2.33. The Labute approximate surface area is 143 Å². The van der Waals surface area contributed by atoms with E-state index in [1.807, 2.05) is 12.1 Å². The van der Waals surface area contributed by atoms with E-state index >= 15 is 0 Å². The first-order valence-electron chi connectivity index (χ1n) is 7.78. The molecule has 1 saturated heterocycles. The highest BCUT2D eigenvalue weighted by molar-refractivity contribution is 5.85. The number of rotatable bonds is 3. The van der Waals surface area contributed by atoms with E-state index in [1.54, 1.807) is 0 Å². The number of hydrogen-bond acceptors (Lipinski definition) is 3. The first-order valence-corrected chi connectivity index (χ1v) is 7.78. The highest BCUT2D eigenvalue weighted by Gasteiger charge is 2.27. The van der Waals surface area contributed by atoms with Gasteiger partial charge in [-0.2, -0.15) is 0 Å². The van der Waals surface area contributed by atoms with Gasteiger partial charge in [-0.15, -0.1) is 12.4 Å². The predicted octanol–water partition coefficient (Wildman–Crippen LogP) is 3.89. The van der Waals surface area contributed by atoms with E-state index < -0.39 is 0 Å². The van der Waals surface area contributed by atoms with Crippen molar-refractivity contribution in [2.75, 3.05) is 13.1 Å². The number of esters is 1. The fraction of sp³-hybridized carbons (Fsp3) is 0.316. The molecule has 2 aromatic carbocycles. The van der Waals surface area contributed by atoms with Gasteiger partial charge in [0.05, 0.1) is 0 Å². The number of hydrogen-bond donors (Lipinski definition) is 1. The quantitative estimate of drug-likeness (QED) is 0.685. The minimum absolute atomic E-state index is 0. The first kappa shape index (κ1) is 17.5. The molecule has 0 radical (unpaired) electrons. The van der Waals surface area contributed by atoms with Crippen molar-refractivity contribution in [3.63, 3.8) is 0 Å². The molecule has 4 heteroatoms. The number of halogens is 1. The van der Waals surface area contributed by atoms with E-state index in [0.717, 1.165) is 19.5 Å². The fourth-order valence-corrected chi connectivity index (χ4v) is 3.26. The number of ether oxygens (including phenoxy) is 1. The van der Waals surface area contributed by atoms with Crippen molar-refractivity contribution in [3.8, 4) is 5.75 Å². The number of carbonyl (C=O) groups is 1. The molecule has 0 aromatic heterocycles. The Kier molecular flexibility index (Phi) is 6.20. The molecule has 122 valence electrons. The largest absolute Gasteiger partial charge is 0.427 e. The molecule has 1 aliphatic rings. The second-order valence-corrected chi connectivity index (χ2v) is 5.78. The van der Waals surface area contributed by atoms with Crippen LogP contribution in [0.5, 0.6) is 5.75 Å². The molecule has 0 amide bonds. The molecule has 3 nitrogen and oxygen atoms in total. The van der Waals surface area contributed by atoms with Crippen molar-refractivity contribution in [3.05, 3.63) is 65.7 Å². The van der Waals surface area contributed by atoms with Gasteiger partial charge in [-0.3, -0.25) is 4.79 Å². The summed E-state index contributed by atoms with van der Waals surface area (Å²) >= 11 is 0. The van der Waals surface area contributed by atoms with Gasteiger partial charge in [-0.05, 0) is 42.1 Å². The van der Waals surface area contributed by atoms with Crippen LogP contribution in [0.3, 0.4) is 0 Å². The summed E-state index contributed by atoms with van der Waals surface area (Å²) in [5, 5.41) is 3.50. The summed E-state index contributed by atoms with van der Waals surface area (Å²) in [6.45, 7) is 3.46. The molecule has 1 heterocycles. The van der Waals surface area contributed by atoms with E-state index in [2.05, 4.69) is 47.8 Å². The molecule has 0 unspecified atom stereocenters. The van der Waals surface area contributed by atoms with Gasteiger partial charge in [0.15, 0.2) is 0 Å². The number of nitrogens with one attached hydrogen (secondary N) is 1. The Morgan fingerprint density at radius 2 is 1.65 bits per heavy atom. The predicted molar refractivity (Wildman–Crippen MR) is 94.4 cm³/mol. The van der Waals surface area contributed by atoms with Gasteiger partial charge in [0.1, 0.15) is 5.75 Å². The third-order valence-corrected chi connectivity index (χ3v) is 4.28. The summed E-state index contributed by atoms with van der Waals surface area (Å²) < 4.78 is 5.12. The molecular weight excluding hydrogens is 310 g/mol. The van der Waals surface area contributed by atoms with E-state index in [4.69, 9.17) is 4.74 Å². The molecule has 1 N–H and O–H groups in total. The van der Waals surface area contributed by atoms with Gasteiger partial charge in [0.2, 0.25) is 0 Å². The van der Waals surface area contributed by atoms with Crippen LogP contribution in [0.2, 0.25) is 0 Å². The lowest BCUT2D eigenvalue weighted by atomic mass is 9.77. The lowest BCUT2D eigenvalue weighted by molar-refractivity contribution is -0.131. The Morgan fingerprint density at radius 1 is 1.00 bits per heavy atom. The Hall–Kier alpha value is -1.84. The van der Waals surface area contributed by atoms with E-state index in [9.17, 15) is 4.79 Å². The highest BCUT2D eigenvalue weighted by atomic mass is 35.5. The van der Waals surface area contributed by atoms with Crippen LogP contribution in [-0.2, 0) is 4.79 Å². The maximum absolute atomic E-state index is 11.0. The smallest absolute Gasteiger partial charge is 0.308 e. The van der Waals surface area contributed by atoms with E-state index in [-0.39, 0.29) is 18.4 Å². The van der Waals surface area contributed by atoms with Crippen molar-refractivity contribution in [1.82, 2.24) is 5.32 Å². The van der Waals surface area contributed by atoms with Gasteiger partial charge in [0.25, 0.3) is 0 Å². The lowest BCUT2D eigenvalue weighted by Crippen LogP contribution is -2.34. The van der Waals surface area contributed by atoms with Crippen LogP contribution in [0.1, 0.15) is 36.3 Å². The second-order valence-electron chi connectivity index (χ2n) is 5.78. The SMILES string of the molecule is CC(=O)Oc1ccc([C@H]2CCNC[C@@H]2c2ccccc2)cc1.Cl. The van der Waals surface area contributed by atoms with Crippen LogP contribution < -0.4 is 10.1 Å². The monoisotopic (exact) mass is 331 g/mol. The number of carbonyl (C=O) groups excluding carboxylic acids is 1. The zero-order valence-corrected chi connectivity index (χ0v) is 14.0. The van der Waals surface area contributed by atoms with Gasteiger partial charge in [-0.25, -0.2) is 0 Å². The van der Waals surface area contributed by atoms with Crippen LogP contribution in [0.15, 0.2) is 54.6 Å². The van der Waals surface area contributed by atoms with Crippen LogP contribution in [-0.4, -0.2) is 19.1 Å². The van der Waals surface area contributed by atoms with Crippen LogP contribution in [0.25, 0.3) is 0 Å². The molecule has 0 saturated carbocycles. The Bertz CT molecular complexity index is 628. The van der Waals surface area contributed by atoms with Crippen molar-refractivity contribution in [2.24, 2.45) is 0 Å². The van der Waals surface area contributed by atoms with Crippen molar-refractivity contribution < 1.29 is 9.53 Å². The van der Waals surface area contributed by atoms with Crippen LogP contribution in [0.4, 0.5) is 0 Å². The second kappa shape index (κ2) is 8.14. The van der Waals surface area contributed by atoms with Gasteiger partial charge >= 0.3 is 5.97 Å². The molecule has 0 aliphatic carbocycles. The minimum atomic E-state index is -0.281. The van der Waals surface area contributed by atoms with Crippen molar-refractivity contribution in [1.29, 1.82) is 0 Å². The summed E-state index contributed by atoms with van der Waals surface area (Å²) in [6, 6.07) is 18.6. The molecule has 23 heavy (non-hydrogen) atoms. The summed E-state index contributed by atoms with van der Waals surface area (Å²) in [7, 11) is 0. The van der Waals surface area contributed by atoms with Gasteiger partial charge in [-0.1, -0.05) is 42.5 Å². The maximum Gasteiger partial charge on any atom is 0.308 e.